The van der Waals surface area contributed by atoms with Crippen molar-refractivity contribution in [3.8, 4) is 0 Å². The van der Waals surface area contributed by atoms with Crippen LogP contribution >= 0.6 is 11.6 Å². The number of nitrogens with zero attached hydrogens (tertiary/aromatic N) is 2. The Hall–Kier alpha value is -3.66. The summed E-state index contributed by atoms with van der Waals surface area (Å²) in [5.41, 5.74) is 6.52. The number of aryl methyl sites for hydroxylation is 1. The summed E-state index contributed by atoms with van der Waals surface area (Å²) in [7, 11) is 0. The first-order valence-corrected chi connectivity index (χ1v) is 11.2. The number of hydrazine groups is 1. The number of nitrogens with one attached hydrogen (secondary N) is 3. The average molecular weight is 488 g/mol. The van der Waals surface area contributed by atoms with E-state index in [0.29, 0.717) is 0 Å². The summed E-state index contributed by atoms with van der Waals surface area (Å²) in [6.07, 6.45) is 1.89. The van der Waals surface area contributed by atoms with Crippen LogP contribution in [0, 0.1) is 16.0 Å². The third kappa shape index (κ3) is 6.02. The smallest absolute Gasteiger partial charge is 0.288 e. The average Bonchev–Trinajstić information content (AvgIpc) is 2.81. The number of amides is 3. The number of hydrogen-bond acceptors (Lipinski definition) is 6. The van der Waals surface area contributed by atoms with Crippen LogP contribution in [0.15, 0.2) is 42.5 Å². The molecule has 1 aliphatic rings. The molecule has 0 unspecified atom stereocenters. The Bertz CT molecular complexity index is 1110. The maximum atomic E-state index is 12.7. The summed E-state index contributed by atoms with van der Waals surface area (Å²) in [4.78, 5) is 50.1. The van der Waals surface area contributed by atoms with Crippen LogP contribution in [-0.4, -0.2) is 41.8 Å². The molecule has 0 saturated heterocycles. The number of hydrogen-bond donors (Lipinski definition) is 3. The highest BCUT2D eigenvalue weighted by Gasteiger charge is 2.27. The van der Waals surface area contributed by atoms with Gasteiger partial charge in [-0.05, 0) is 42.5 Å². The van der Waals surface area contributed by atoms with Gasteiger partial charge in [-0.1, -0.05) is 43.6 Å². The molecule has 0 aromatic heterocycles. The minimum atomic E-state index is -0.988. The third-order valence-corrected chi connectivity index (χ3v) is 5.83. The van der Waals surface area contributed by atoms with E-state index in [4.69, 9.17) is 11.6 Å². The first-order chi connectivity index (χ1) is 16.2. The van der Waals surface area contributed by atoms with Crippen molar-refractivity contribution in [2.45, 2.75) is 32.7 Å². The molecule has 2 aromatic rings. The number of nitro groups is 1. The number of benzene rings is 2. The number of halogens is 1. The summed E-state index contributed by atoms with van der Waals surface area (Å²) >= 11 is 5.79. The van der Waals surface area contributed by atoms with Gasteiger partial charge in [0.05, 0.1) is 11.5 Å². The van der Waals surface area contributed by atoms with Gasteiger partial charge >= 0.3 is 0 Å². The van der Waals surface area contributed by atoms with E-state index in [1.807, 2.05) is 29.2 Å². The second-order valence-corrected chi connectivity index (χ2v) is 8.72. The van der Waals surface area contributed by atoms with Gasteiger partial charge in [0, 0.05) is 23.9 Å². The summed E-state index contributed by atoms with van der Waals surface area (Å²) in [6.45, 7) is 4.25. The predicted octanol–water partition coefficient (Wildman–Crippen LogP) is 2.60. The second-order valence-electron chi connectivity index (χ2n) is 8.31. The van der Waals surface area contributed by atoms with Crippen LogP contribution in [0.3, 0.4) is 0 Å². The van der Waals surface area contributed by atoms with Gasteiger partial charge < -0.3 is 10.2 Å². The lowest BCUT2D eigenvalue weighted by molar-refractivity contribution is -0.384. The number of carbonyl (C=O) groups excluding carboxylic acids is 3. The zero-order valence-electron chi connectivity index (χ0n) is 18.8. The number of anilines is 1. The van der Waals surface area contributed by atoms with Crippen molar-refractivity contribution < 1.29 is 19.3 Å². The molecule has 3 rings (SSSR count). The Morgan fingerprint density at radius 3 is 2.59 bits per heavy atom. The van der Waals surface area contributed by atoms with Gasteiger partial charge in [-0.2, -0.15) is 0 Å². The molecule has 0 bridgehead atoms. The molecule has 10 nitrogen and oxygen atoms in total. The van der Waals surface area contributed by atoms with Crippen molar-refractivity contribution in [2.24, 2.45) is 5.92 Å². The Balaban J connectivity index is 1.59. The Morgan fingerprint density at radius 1 is 1.15 bits per heavy atom. The first-order valence-electron chi connectivity index (χ1n) is 10.8. The lowest BCUT2D eigenvalue weighted by atomic mass is 10.0. The van der Waals surface area contributed by atoms with Crippen LogP contribution in [0.4, 0.5) is 11.4 Å². The van der Waals surface area contributed by atoms with Gasteiger partial charge in [0.15, 0.2) is 0 Å². The maximum Gasteiger partial charge on any atom is 0.288 e. The minimum Gasteiger partial charge on any atom is -0.362 e. The number of para-hydroxylation sites is 1. The van der Waals surface area contributed by atoms with E-state index >= 15 is 0 Å². The van der Waals surface area contributed by atoms with Gasteiger partial charge in [0.25, 0.3) is 23.4 Å². The molecule has 1 atom stereocenters. The maximum absolute atomic E-state index is 12.7. The largest absolute Gasteiger partial charge is 0.362 e. The molecule has 180 valence electrons. The topological polar surface area (TPSA) is 134 Å². The molecule has 11 heteroatoms. The highest BCUT2D eigenvalue weighted by Crippen LogP contribution is 2.26. The predicted molar refractivity (Wildman–Crippen MR) is 127 cm³/mol. The van der Waals surface area contributed by atoms with Crippen molar-refractivity contribution >= 4 is 40.7 Å². The normalized spacial score (nSPS) is 13.6. The summed E-state index contributed by atoms with van der Waals surface area (Å²) < 4.78 is 0. The van der Waals surface area contributed by atoms with Gasteiger partial charge in [0.2, 0.25) is 0 Å². The summed E-state index contributed by atoms with van der Waals surface area (Å²) in [6, 6.07) is 10.5. The molecule has 0 fully saturated rings. The number of nitro benzene ring substituents is 1. The van der Waals surface area contributed by atoms with Crippen LogP contribution in [0.25, 0.3) is 0 Å². The highest BCUT2D eigenvalue weighted by molar-refractivity contribution is 6.32. The van der Waals surface area contributed by atoms with Crippen molar-refractivity contribution in [1.29, 1.82) is 0 Å². The van der Waals surface area contributed by atoms with E-state index in [1.165, 1.54) is 17.7 Å². The molecule has 3 N–H and O–H groups in total. The first kappa shape index (κ1) is 25.0. The number of carbonyl (C=O) groups is 3. The Morgan fingerprint density at radius 2 is 1.88 bits per heavy atom. The fourth-order valence-corrected chi connectivity index (χ4v) is 3.94. The monoisotopic (exact) mass is 487 g/mol. The third-order valence-electron chi connectivity index (χ3n) is 5.51. The van der Waals surface area contributed by atoms with Gasteiger partial charge in [-0.3, -0.25) is 35.3 Å². The number of rotatable bonds is 7. The standard InChI is InChI=1S/C23H26ClN5O5/c1-14(2)21(25-22(31)16-9-10-17(24)19(12-16)29(33)34)23(32)27-26-20(30)13-28-11-5-7-15-6-3-4-8-18(15)28/h3-4,6,8-10,12,14,21H,5,7,11,13H2,1-2H3,(H,25,31)(H,26,30)(H,27,32)/t21-/m0/s1. The van der Waals surface area contributed by atoms with Crippen molar-refractivity contribution in [3.05, 3.63) is 68.7 Å². The van der Waals surface area contributed by atoms with Crippen LogP contribution in [-0.2, 0) is 16.0 Å². The van der Waals surface area contributed by atoms with E-state index < -0.39 is 34.4 Å². The Labute approximate surface area is 201 Å². The van der Waals surface area contributed by atoms with Gasteiger partial charge in [0.1, 0.15) is 11.1 Å². The van der Waals surface area contributed by atoms with Crippen molar-refractivity contribution in [2.75, 3.05) is 18.0 Å². The molecule has 1 aliphatic heterocycles. The van der Waals surface area contributed by atoms with Crippen LogP contribution in [0.5, 0.6) is 0 Å². The molecule has 0 spiro atoms. The zero-order chi connectivity index (χ0) is 24.8. The van der Waals surface area contributed by atoms with Crippen molar-refractivity contribution in [3.63, 3.8) is 0 Å². The van der Waals surface area contributed by atoms with E-state index in [1.54, 1.807) is 13.8 Å². The van der Waals surface area contributed by atoms with E-state index in [2.05, 4.69) is 16.2 Å². The second kappa shape index (κ2) is 11.0. The van der Waals surface area contributed by atoms with E-state index in [0.717, 1.165) is 31.1 Å². The van der Waals surface area contributed by atoms with Crippen LogP contribution < -0.4 is 21.1 Å². The number of fused-ring (bicyclic) bond motifs is 1. The quantitative estimate of drug-likeness (QED) is 0.406. The molecule has 2 aromatic carbocycles. The highest BCUT2D eigenvalue weighted by atomic mass is 35.5. The molecular formula is C23H26ClN5O5. The SMILES string of the molecule is CC(C)[C@H](NC(=O)c1ccc(Cl)c([N+](=O)[O-])c1)C(=O)NNC(=O)CN1CCCc2ccccc21. The molecule has 0 radical (unpaired) electrons. The van der Waals surface area contributed by atoms with E-state index in [-0.39, 0.29) is 23.0 Å². The lowest BCUT2D eigenvalue weighted by Crippen LogP contribution is -2.55. The van der Waals surface area contributed by atoms with Crippen molar-refractivity contribution in [1.82, 2.24) is 16.2 Å². The Kier molecular flexibility index (Phi) is 8.06. The summed E-state index contributed by atoms with van der Waals surface area (Å²) in [5, 5.41) is 13.5. The molecule has 0 saturated carbocycles. The molecular weight excluding hydrogens is 462 g/mol. The molecule has 3 amide bonds. The fourth-order valence-electron chi connectivity index (χ4n) is 3.75. The van der Waals surface area contributed by atoms with E-state index in [9.17, 15) is 24.5 Å². The fraction of sp³-hybridized carbons (Fsp3) is 0.348. The van der Waals surface area contributed by atoms with Gasteiger partial charge in [-0.25, -0.2) is 0 Å². The minimum absolute atomic E-state index is 0.0117. The summed E-state index contributed by atoms with van der Waals surface area (Å²) in [5.74, 6) is -2.01. The van der Waals surface area contributed by atoms with Gasteiger partial charge in [-0.15, -0.1) is 0 Å². The molecule has 0 aliphatic carbocycles. The van der Waals surface area contributed by atoms with Crippen LogP contribution in [0.1, 0.15) is 36.2 Å². The van der Waals surface area contributed by atoms with Crippen LogP contribution in [0.2, 0.25) is 5.02 Å². The molecule has 34 heavy (non-hydrogen) atoms. The molecule has 1 heterocycles. The zero-order valence-corrected chi connectivity index (χ0v) is 19.6. The lowest BCUT2D eigenvalue weighted by Gasteiger charge is -2.30.